The molecule has 1 amide bonds. The number of ether oxygens (including phenoxy) is 3. The summed E-state index contributed by atoms with van der Waals surface area (Å²) in [5.74, 6) is 0.353. The van der Waals surface area contributed by atoms with E-state index < -0.39 is 17.7 Å². The number of carbonyl (C=O) groups is 2. The average Bonchev–Trinajstić information content (AvgIpc) is 3.17. The number of likely N-dealkylation sites (tertiary alicyclic amines) is 1. The number of hydrogen-bond donors (Lipinski definition) is 1. The topological polar surface area (TPSA) is 98.2 Å². The van der Waals surface area contributed by atoms with Gasteiger partial charge in [-0.2, -0.15) is 0 Å². The highest BCUT2D eigenvalue weighted by molar-refractivity contribution is 6.46. The van der Waals surface area contributed by atoms with Crippen LogP contribution in [0.4, 0.5) is 0 Å². The van der Waals surface area contributed by atoms with Gasteiger partial charge in [0.25, 0.3) is 11.7 Å². The summed E-state index contributed by atoms with van der Waals surface area (Å²) < 4.78 is 17.1. The van der Waals surface area contributed by atoms with Crippen molar-refractivity contribution in [3.8, 4) is 17.2 Å². The zero-order valence-corrected chi connectivity index (χ0v) is 22.9. The van der Waals surface area contributed by atoms with E-state index in [0.29, 0.717) is 47.5 Å². The van der Waals surface area contributed by atoms with E-state index in [9.17, 15) is 14.7 Å². The summed E-state index contributed by atoms with van der Waals surface area (Å²) >= 11 is 0. The van der Waals surface area contributed by atoms with Crippen LogP contribution in [0.25, 0.3) is 5.76 Å². The number of pyridine rings is 1. The minimum absolute atomic E-state index is 0.00496. The lowest BCUT2D eigenvalue weighted by atomic mass is 9.94. The lowest BCUT2D eigenvalue weighted by Crippen LogP contribution is -2.29. The molecule has 1 saturated heterocycles. The zero-order valence-electron chi connectivity index (χ0n) is 22.9. The van der Waals surface area contributed by atoms with E-state index in [2.05, 4.69) is 18.8 Å². The van der Waals surface area contributed by atoms with E-state index in [1.54, 1.807) is 54.9 Å². The van der Waals surface area contributed by atoms with E-state index in [1.165, 1.54) is 12.0 Å². The Kier molecular flexibility index (Phi) is 8.54. The van der Waals surface area contributed by atoms with Crippen molar-refractivity contribution >= 4 is 17.4 Å². The first-order chi connectivity index (χ1) is 18.7. The maximum absolute atomic E-state index is 13.5. The molecule has 2 aromatic carbocycles. The third-order valence-corrected chi connectivity index (χ3v) is 6.44. The number of amides is 1. The van der Waals surface area contributed by atoms with E-state index in [0.717, 1.165) is 11.1 Å². The van der Waals surface area contributed by atoms with Crippen LogP contribution in [-0.4, -0.2) is 47.0 Å². The van der Waals surface area contributed by atoms with Crippen LogP contribution in [0.1, 0.15) is 49.1 Å². The Morgan fingerprint density at radius 2 is 1.82 bits per heavy atom. The Balaban J connectivity index is 1.83. The maximum atomic E-state index is 13.5. The van der Waals surface area contributed by atoms with Gasteiger partial charge in [-0.15, -0.1) is 0 Å². The molecule has 1 atom stereocenters. The predicted octanol–water partition coefficient (Wildman–Crippen LogP) is 5.45. The van der Waals surface area contributed by atoms with Gasteiger partial charge >= 0.3 is 0 Å². The van der Waals surface area contributed by atoms with Crippen molar-refractivity contribution in [3.05, 3.63) is 88.8 Å². The standard InChI is InChI=1S/C31H34N2O6/c1-6-38-25-12-9-22(15-26(25)37-5)28-27(30(35)31(36)33(28)17-21-8-7-13-32-16-21)29(34)23-10-11-24(20(4)14-23)39-18-19(2)3/h7-16,19,28,34H,6,17-18H2,1-5H3/t28-/m0/s1. The fourth-order valence-electron chi connectivity index (χ4n) is 4.58. The maximum Gasteiger partial charge on any atom is 0.295 e. The number of aromatic nitrogens is 1. The summed E-state index contributed by atoms with van der Waals surface area (Å²) in [6, 6.07) is 13.2. The lowest BCUT2D eigenvalue weighted by Gasteiger charge is -2.26. The molecule has 39 heavy (non-hydrogen) atoms. The Morgan fingerprint density at radius 1 is 1.05 bits per heavy atom. The van der Waals surface area contributed by atoms with Gasteiger partial charge in [-0.3, -0.25) is 14.6 Å². The molecule has 2 heterocycles. The molecule has 204 valence electrons. The van der Waals surface area contributed by atoms with Gasteiger partial charge < -0.3 is 24.2 Å². The quantitative estimate of drug-likeness (QED) is 0.211. The van der Waals surface area contributed by atoms with Gasteiger partial charge in [-0.1, -0.05) is 26.0 Å². The number of rotatable bonds is 10. The third kappa shape index (κ3) is 5.90. The van der Waals surface area contributed by atoms with Crippen molar-refractivity contribution < 1.29 is 28.9 Å². The molecule has 0 aliphatic carbocycles. The van der Waals surface area contributed by atoms with E-state index in [4.69, 9.17) is 14.2 Å². The number of ketones is 1. The smallest absolute Gasteiger partial charge is 0.295 e. The highest BCUT2D eigenvalue weighted by Crippen LogP contribution is 2.43. The van der Waals surface area contributed by atoms with E-state index in [-0.39, 0.29) is 17.9 Å². The number of aliphatic hydroxyl groups excluding tert-OH is 1. The second-order valence-electron chi connectivity index (χ2n) is 9.82. The van der Waals surface area contributed by atoms with Gasteiger partial charge in [0.2, 0.25) is 0 Å². The van der Waals surface area contributed by atoms with Crippen molar-refractivity contribution in [2.75, 3.05) is 20.3 Å². The molecule has 0 radical (unpaired) electrons. The van der Waals surface area contributed by atoms with Gasteiger partial charge in [-0.25, -0.2) is 0 Å². The van der Waals surface area contributed by atoms with Crippen molar-refractivity contribution in [3.63, 3.8) is 0 Å². The second-order valence-corrected chi connectivity index (χ2v) is 9.82. The second kappa shape index (κ2) is 12.0. The first-order valence-corrected chi connectivity index (χ1v) is 13.0. The number of hydrogen-bond acceptors (Lipinski definition) is 7. The molecule has 1 fully saturated rings. The monoisotopic (exact) mass is 530 g/mol. The van der Waals surface area contributed by atoms with Crippen molar-refractivity contribution in [2.45, 2.75) is 40.3 Å². The minimum atomic E-state index is -0.855. The summed E-state index contributed by atoms with van der Waals surface area (Å²) in [5, 5.41) is 11.5. The molecule has 0 bridgehead atoms. The number of carbonyl (C=O) groups excluding carboxylic acids is 2. The van der Waals surface area contributed by atoms with Crippen molar-refractivity contribution in [1.82, 2.24) is 9.88 Å². The number of methoxy groups -OCH3 is 1. The normalized spacial score (nSPS) is 16.6. The lowest BCUT2D eigenvalue weighted by molar-refractivity contribution is -0.140. The molecule has 4 rings (SSSR count). The number of Topliss-reactive ketones (excluding diaryl/α,β-unsaturated/α-hetero) is 1. The van der Waals surface area contributed by atoms with Crippen LogP contribution in [-0.2, 0) is 16.1 Å². The zero-order chi connectivity index (χ0) is 28.1. The van der Waals surface area contributed by atoms with Crippen molar-refractivity contribution in [2.24, 2.45) is 5.92 Å². The number of aryl methyl sites for hydroxylation is 1. The molecule has 1 aliphatic heterocycles. The molecular weight excluding hydrogens is 496 g/mol. The molecule has 0 unspecified atom stereocenters. The van der Waals surface area contributed by atoms with Crippen LogP contribution in [0.2, 0.25) is 0 Å². The Morgan fingerprint density at radius 3 is 2.46 bits per heavy atom. The molecule has 1 aromatic heterocycles. The summed E-state index contributed by atoms with van der Waals surface area (Å²) in [5.41, 5.74) is 2.60. The average molecular weight is 531 g/mol. The van der Waals surface area contributed by atoms with Crippen LogP contribution in [0.3, 0.4) is 0 Å². The van der Waals surface area contributed by atoms with E-state index in [1.807, 2.05) is 19.9 Å². The van der Waals surface area contributed by atoms with Gasteiger partial charge in [-0.05, 0) is 72.9 Å². The van der Waals surface area contributed by atoms with Crippen LogP contribution in [0.15, 0.2) is 66.5 Å². The summed E-state index contributed by atoms with van der Waals surface area (Å²) in [6.45, 7) is 9.03. The molecule has 8 heteroatoms. The predicted molar refractivity (Wildman–Crippen MR) is 148 cm³/mol. The fourth-order valence-corrected chi connectivity index (χ4v) is 4.58. The van der Waals surface area contributed by atoms with Gasteiger partial charge in [0.1, 0.15) is 11.5 Å². The first kappa shape index (κ1) is 27.7. The Bertz CT molecular complexity index is 1380. The highest BCUT2D eigenvalue weighted by atomic mass is 16.5. The molecule has 8 nitrogen and oxygen atoms in total. The van der Waals surface area contributed by atoms with Crippen molar-refractivity contribution in [1.29, 1.82) is 0 Å². The first-order valence-electron chi connectivity index (χ1n) is 13.0. The SMILES string of the molecule is CCOc1ccc([C@H]2C(=C(O)c3ccc(OCC(C)C)c(C)c3)C(=O)C(=O)N2Cc2cccnc2)cc1OC. The third-order valence-electron chi connectivity index (χ3n) is 6.44. The summed E-state index contributed by atoms with van der Waals surface area (Å²) in [4.78, 5) is 32.4. The molecule has 0 spiro atoms. The van der Waals surface area contributed by atoms with Gasteiger partial charge in [0.05, 0.1) is 31.9 Å². The number of benzene rings is 2. The largest absolute Gasteiger partial charge is 0.507 e. The summed E-state index contributed by atoms with van der Waals surface area (Å²) in [6.07, 6.45) is 3.29. The molecule has 1 aliphatic rings. The minimum Gasteiger partial charge on any atom is -0.507 e. The number of nitrogens with zero attached hydrogens (tertiary/aromatic N) is 2. The Hall–Kier alpha value is -4.33. The molecule has 3 aromatic rings. The summed E-state index contributed by atoms with van der Waals surface area (Å²) in [7, 11) is 1.53. The van der Waals surface area contributed by atoms with E-state index >= 15 is 0 Å². The fraction of sp³-hybridized carbons (Fsp3) is 0.323. The highest BCUT2D eigenvalue weighted by Gasteiger charge is 2.46. The van der Waals surface area contributed by atoms with Gasteiger partial charge in [0.15, 0.2) is 11.5 Å². The molecule has 0 saturated carbocycles. The van der Waals surface area contributed by atoms with Crippen LogP contribution >= 0.6 is 0 Å². The van der Waals surface area contributed by atoms with Crippen LogP contribution in [0, 0.1) is 12.8 Å². The number of aliphatic hydroxyl groups is 1. The van der Waals surface area contributed by atoms with Gasteiger partial charge in [0, 0.05) is 24.5 Å². The molecular formula is C31H34N2O6. The molecule has 1 N–H and O–H groups in total. The van der Waals surface area contributed by atoms with Crippen LogP contribution < -0.4 is 14.2 Å². The Labute approximate surface area is 228 Å². The van der Waals surface area contributed by atoms with Crippen LogP contribution in [0.5, 0.6) is 17.2 Å².